The molecule has 0 heterocycles. The third-order valence-electron chi connectivity index (χ3n) is 5.08. The second-order valence-electron chi connectivity index (χ2n) is 5.84. The SMILES string of the molecule is OC1C[C@H]2CCCC3CCC[C@@H](C1)C32. The lowest BCUT2D eigenvalue weighted by Gasteiger charge is -2.50. The van der Waals surface area contributed by atoms with E-state index in [1.807, 2.05) is 0 Å². The van der Waals surface area contributed by atoms with Crippen LogP contribution in [0.3, 0.4) is 0 Å². The predicted octanol–water partition coefficient (Wildman–Crippen LogP) is 2.97. The van der Waals surface area contributed by atoms with Crippen molar-refractivity contribution in [1.82, 2.24) is 0 Å². The summed E-state index contributed by atoms with van der Waals surface area (Å²) in [5.74, 6) is 3.84. The van der Waals surface area contributed by atoms with Gasteiger partial charge in [-0.05, 0) is 36.5 Å². The van der Waals surface area contributed by atoms with Crippen LogP contribution >= 0.6 is 0 Å². The summed E-state index contributed by atoms with van der Waals surface area (Å²) in [5.41, 5.74) is 0. The van der Waals surface area contributed by atoms with Crippen molar-refractivity contribution < 1.29 is 5.11 Å². The number of hydrogen-bond donors (Lipinski definition) is 1. The maximum absolute atomic E-state index is 9.86. The van der Waals surface area contributed by atoms with Crippen molar-refractivity contribution >= 4 is 0 Å². The Morgan fingerprint density at radius 2 is 1.21 bits per heavy atom. The summed E-state index contributed by atoms with van der Waals surface area (Å²) in [5, 5.41) is 9.86. The normalized spacial score (nSPS) is 52.5. The Bertz CT molecular complexity index is 193. The summed E-state index contributed by atoms with van der Waals surface area (Å²) in [7, 11) is 0. The van der Waals surface area contributed by atoms with Crippen molar-refractivity contribution in [3.8, 4) is 0 Å². The van der Waals surface area contributed by atoms with Gasteiger partial charge in [-0.2, -0.15) is 0 Å². The molecule has 0 spiro atoms. The van der Waals surface area contributed by atoms with Gasteiger partial charge in [0.1, 0.15) is 0 Å². The Kier molecular flexibility index (Phi) is 2.31. The highest BCUT2D eigenvalue weighted by Gasteiger charge is 2.44. The molecule has 0 aromatic rings. The molecule has 3 aliphatic carbocycles. The highest BCUT2D eigenvalue weighted by Crippen LogP contribution is 2.52. The fourth-order valence-electron chi connectivity index (χ4n) is 4.70. The zero-order valence-electron chi connectivity index (χ0n) is 8.99. The standard InChI is InChI=1S/C13H22O/c14-12-7-10-5-1-3-9-4-2-6-11(8-12)13(9)10/h9-14H,1-8H2/t9?,10-,11+,12?,13?. The van der Waals surface area contributed by atoms with Crippen LogP contribution in [0.1, 0.15) is 51.4 Å². The summed E-state index contributed by atoms with van der Waals surface area (Å²) in [6, 6.07) is 0. The molecular weight excluding hydrogens is 172 g/mol. The van der Waals surface area contributed by atoms with Crippen LogP contribution in [0.5, 0.6) is 0 Å². The summed E-state index contributed by atoms with van der Waals surface area (Å²) in [6.45, 7) is 0. The van der Waals surface area contributed by atoms with E-state index in [4.69, 9.17) is 0 Å². The monoisotopic (exact) mass is 194 g/mol. The Hall–Kier alpha value is -0.0400. The molecule has 1 N–H and O–H groups in total. The molecule has 0 saturated heterocycles. The molecule has 0 aliphatic heterocycles. The topological polar surface area (TPSA) is 20.2 Å². The molecule has 0 aromatic carbocycles. The smallest absolute Gasteiger partial charge is 0.0545 e. The zero-order valence-corrected chi connectivity index (χ0v) is 8.99. The molecule has 1 heteroatoms. The maximum atomic E-state index is 9.86. The second kappa shape index (κ2) is 3.52. The van der Waals surface area contributed by atoms with E-state index < -0.39 is 0 Å². The first-order chi connectivity index (χ1) is 6.84. The van der Waals surface area contributed by atoms with Crippen LogP contribution in [0.15, 0.2) is 0 Å². The fourth-order valence-corrected chi connectivity index (χ4v) is 4.70. The van der Waals surface area contributed by atoms with Gasteiger partial charge in [0.2, 0.25) is 0 Å². The van der Waals surface area contributed by atoms with Crippen molar-refractivity contribution in [2.24, 2.45) is 23.7 Å². The van der Waals surface area contributed by atoms with Gasteiger partial charge < -0.3 is 5.11 Å². The van der Waals surface area contributed by atoms with Crippen LogP contribution in [0.4, 0.5) is 0 Å². The molecule has 14 heavy (non-hydrogen) atoms. The molecule has 1 nitrogen and oxygen atoms in total. The first-order valence-electron chi connectivity index (χ1n) is 6.52. The van der Waals surface area contributed by atoms with E-state index in [9.17, 15) is 5.11 Å². The maximum Gasteiger partial charge on any atom is 0.0545 e. The lowest BCUT2D eigenvalue weighted by atomic mass is 9.56. The van der Waals surface area contributed by atoms with Crippen LogP contribution in [0.25, 0.3) is 0 Å². The van der Waals surface area contributed by atoms with Gasteiger partial charge in [-0.15, -0.1) is 0 Å². The Balaban J connectivity index is 1.82. The molecule has 0 aromatic heterocycles. The van der Waals surface area contributed by atoms with Crippen molar-refractivity contribution in [3.63, 3.8) is 0 Å². The van der Waals surface area contributed by atoms with Gasteiger partial charge in [-0.3, -0.25) is 0 Å². The minimum Gasteiger partial charge on any atom is -0.393 e. The summed E-state index contributed by atoms with van der Waals surface area (Å²) >= 11 is 0. The van der Waals surface area contributed by atoms with Crippen molar-refractivity contribution in [1.29, 1.82) is 0 Å². The van der Waals surface area contributed by atoms with Gasteiger partial charge >= 0.3 is 0 Å². The highest BCUT2D eigenvalue weighted by atomic mass is 16.3. The van der Waals surface area contributed by atoms with Crippen molar-refractivity contribution in [2.45, 2.75) is 57.5 Å². The molecule has 3 fully saturated rings. The number of rotatable bonds is 0. The van der Waals surface area contributed by atoms with Crippen LogP contribution in [-0.2, 0) is 0 Å². The lowest BCUT2D eigenvalue weighted by Crippen LogP contribution is -2.43. The fraction of sp³-hybridized carbons (Fsp3) is 1.00. The van der Waals surface area contributed by atoms with Crippen LogP contribution in [-0.4, -0.2) is 11.2 Å². The lowest BCUT2D eigenvalue weighted by molar-refractivity contribution is -0.0436. The molecule has 0 radical (unpaired) electrons. The van der Waals surface area contributed by atoms with E-state index in [1.165, 1.54) is 38.5 Å². The van der Waals surface area contributed by atoms with E-state index in [0.29, 0.717) is 0 Å². The van der Waals surface area contributed by atoms with Gasteiger partial charge in [-0.25, -0.2) is 0 Å². The summed E-state index contributed by atoms with van der Waals surface area (Å²) < 4.78 is 0. The molecular formula is C13H22O. The van der Waals surface area contributed by atoms with E-state index in [2.05, 4.69) is 0 Å². The summed E-state index contributed by atoms with van der Waals surface area (Å²) in [6.07, 6.45) is 11.0. The summed E-state index contributed by atoms with van der Waals surface area (Å²) in [4.78, 5) is 0. The third-order valence-corrected chi connectivity index (χ3v) is 5.08. The highest BCUT2D eigenvalue weighted by molar-refractivity contribution is 4.94. The first kappa shape index (κ1) is 9.21. The Morgan fingerprint density at radius 3 is 1.79 bits per heavy atom. The molecule has 3 unspecified atom stereocenters. The van der Waals surface area contributed by atoms with E-state index in [1.54, 1.807) is 0 Å². The van der Waals surface area contributed by atoms with E-state index >= 15 is 0 Å². The first-order valence-corrected chi connectivity index (χ1v) is 6.52. The Morgan fingerprint density at radius 1 is 0.714 bits per heavy atom. The third kappa shape index (κ3) is 1.41. The average molecular weight is 194 g/mol. The van der Waals surface area contributed by atoms with Crippen molar-refractivity contribution in [2.75, 3.05) is 0 Å². The van der Waals surface area contributed by atoms with Gasteiger partial charge in [0.25, 0.3) is 0 Å². The van der Waals surface area contributed by atoms with E-state index in [0.717, 1.165) is 36.5 Å². The Labute approximate surface area is 86.9 Å². The zero-order chi connectivity index (χ0) is 9.54. The van der Waals surface area contributed by atoms with Gasteiger partial charge in [0, 0.05) is 0 Å². The van der Waals surface area contributed by atoms with Gasteiger partial charge in [-0.1, -0.05) is 38.5 Å². The van der Waals surface area contributed by atoms with Gasteiger partial charge in [0.05, 0.1) is 6.10 Å². The van der Waals surface area contributed by atoms with Crippen LogP contribution in [0, 0.1) is 23.7 Å². The quantitative estimate of drug-likeness (QED) is 0.628. The largest absolute Gasteiger partial charge is 0.393 e. The second-order valence-corrected chi connectivity index (χ2v) is 5.84. The minimum absolute atomic E-state index is 0.0399. The molecule has 5 atom stereocenters. The number of hydrogen-bond acceptors (Lipinski definition) is 1. The minimum atomic E-state index is 0.0399. The molecule has 3 aliphatic rings. The average Bonchev–Trinajstić information content (AvgIpc) is 2.18. The van der Waals surface area contributed by atoms with Crippen LogP contribution in [0.2, 0.25) is 0 Å². The molecule has 0 bridgehead atoms. The molecule has 3 rings (SSSR count). The number of aliphatic hydroxyl groups is 1. The molecule has 3 saturated carbocycles. The van der Waals surface area contributed by atoms with E-state index in [-0.39, 0.29) is 6.10 Å². The van der Waals surface area contributed by atoms with Crippen molar-refractivity contribution in [3.05, 3.63) is 0 Å². The predicted molar refractivity (Wildman–Crippen MR) is 56.9 cm³/mol. The molecule has 0 amide bonds. The molecule has 80 valence electrons. The van der Waals surface area contributed by atoms with Gasteiger partial charge in [0.15, 0.2) is 0 Å². The van der Waals surface area contributed by atoms with Crippen LogP contribution < -0.4 is 0 Å². The number of aliphatic hydroxyl groups excluding tert-OH is 1.